The second kappa shape index (κ2) is 6.75. The Labute approximate surface area is 144 Å². The van der Waals surface area contributed by atoms with Crippen molar-refractivity contribution in [2.75, 3.05) is 13.1 Å². The van der Waals surface area contributed by atoms with Crippen molar-refractivity contribution in [1.29, 1.82) is 0 Å². The van der Waals surface area contributed by atoms with Crippen LogP contribution in [0.4, 0.5) is 0 Å². The maximum Gasteiger partial charge on any atom is 0.379 e. The van der Waals surface area contributed by atoms with E-state index in [1.807, 2.05) is 20.8 Å². The van der Waals surface area contributed by atoms with Crippen LogP contribution in [-0.2, 0) is 14.3 Å². The fourth-order valence-corrected chi connectivity index (χ4v) is 2.87. The minimum absolute atomic E-state index is 0.0512. The van der Waals surface area contributed by atoms with Crippen molar-refractivity contribution >= 4 is 17.7 Å². The summed E-state index contributed by atoms with van der Waals surface area (Å²) >= 11 is 0. The number of aromatic nitrogens is 4. The molecule has 0 aromatic carbocycles. The summed E-state index contributed by atoms with van der Waals surface area (Å²) in [4.78, 5) is 34.5. The number of carbonyl (C=O) groups is 2. The van der Waals surface area contributed by atoms with Gasteiger partial charge in [0.15, 0.2) is 6.10 Å². The number of fused-ring (bicyclic) bond motifs is 1. The third-order valence-corrected chi connectivity index (χ3v) is 3.98. The molecule has 3 heterocycles. The summed E-state index contributed by atoms with van der Waals surface area (Å²) in [5, 5.41) is 4.08. The van der Waals surface area contributed by atoms with Gasteiger partial charge >= 0.3 is 5.97 Å². The van der Waals surface area contributed by atoms with Crippen LogP contribution >= 0.6 is 0 Å². The number of aryl methyl sites for hydroxylation is 1. The Morgan fingerprint density at radius 2 is 2.00 bits per heavy atom. The van der Waals surface area contributed by atoms with Gasteiger partial charge in [0.25, 0.3) is 17.5 Å². The molecule has 1 amide bonds. The number of carbonyl (C=O) groups excluding carboxylic acids is 2. The lowest BCUT2D eigenvalue weighted by molar-refractivity contribution is -0.151. The zero-order valence-electron chi connectivity index (χ0n) is 14.7. The predicted molar refractivity (Wildman–Crippen MR) is 87.0 cm³/mol. The molecule has 134 valence electrons. The van der Waals surface area contributed by atoms with Crippen LogP contribution in [0.15, 0.2) is 12.3 Å². The minimum atomic E-state index is -0.925. The number of amides is 1. The molecule has 0 spiro atoms. The molecule has 3 rings (SSSR count). The maximum absolute atomic E-state index is 12.5. The second-order valence-corrected chi connectivity index (χ2v) is 6.28. The van der Waals surface area contributed by atoms with E-state index in [2.05, 4.69) is 15.1 Å². The predicted octanol–water partition coefficient (Wildman–Crippen LogP) is 0.614. The Hall–Kier alpha value is -2.55. The van der Waals surface area contributed by atoms with Gasteiger partial charge in [-0.25, -0.2) is 14.3 Å². The van der Waals surface area contributed by atoms with Gasteiger partial charge in [-0.3, -0.25) is 4.79 Å². The highest BCUT2D eigenvalue weighted by molar-refractivity contribution is 5.89. The van der Waals surface area contributed by atoms with Gasteiger partial charge in [-0.1, -0.05) is 0 Å². The van der Waals surface area contributed by atoms with Crippen molar-refractivity contribution in [2.45, 2.75) is 46.0 Å². The van der Waals surface area contributed by atoms with Crippen molar-refractivity contribution in [3.8, 4) is 0 Å². The fraction of sp³-hybridized carbons (Fsp3) is 0.562. The average Bonchev–Trinajstić information content (AvgIpc) is 2.99. The summed E-state index contributed by atoms with van der Waals surface area (Å²) in [6, 6.07) is 1.75. The Kier molecular flexibility index (Phi) is 4.67. The van der Waals surface area contributed by atoms with E-state index >= 15 is 0 Å². The van der Waals surface area contributed by atoms with Gasteiger partial charge in [0, 0.05) is 25.0 Å². The van der Waals surface area contributed by atoms with Gasteiger partial charge in [0.1, 0.15) is 0 Å². The van der Waals surface area contributed by atoms with Crippen molar-refractivity contribution in [3.05, 3.63) is 23.8 Å². The van der Waals surface area contributed by atoms with Crippen molar-refractivity contribution in [1.82, 2.24) is 24.5 Å². The average molecular weight is 347 g/mol. The lowest BCUT2D eigenvalue weighted by atomic mass is 10.2. The van der Waals surface area contributed by atoms with Crippen molar-refractivity contribution < 1.29 is 19.1 Å². The highest BCUT2D eigenvalue weighted by Gasteiger charge is 2.31. The molecule has 3 unspecified atom stereocenters. The summed E-state index contributed by atoms with van der Waals surface area (Å²) in [5.41, 5.74) is 0.789. The zero-order valence-corrected chi connectivity index (χ0v) is 14.7. The number of morpholine rings is 1. The molecule has 0 saturated carbocycles. The molecule has 1 aliphatic heterocycles. The van der Waals surface area contributed by atoms with Gasteiger partial charge < -0.3 is 14.4 Å². The lowest BCUT2D eigenvalue weighted by Crippen LogP contribution is -2.51. The number of hydrogen-bond acceptors (Lipinski definition) is 7. The topological polar surface area (TPSA) is 98.9 Å². The van der Waals surface area contributed by atoms with Crippen LogP contribution in [0.5, 0.6) is 0 Å². The van der Waals surface area contributed by atoms with Crippen LogP contribution in [0.1, 0.15) is 37.1 Å². The van der Waals surface area contributed by atoms with E-state index < -0.39 is 12.1 Å². The molecule has 1 aliphatic rings. The van der Waals surface area contributed by atoms with Gasteiger partial charge in [0.05, 0.1) is 12.2 Å². The van der Waals surface area contributed by atoms with E-state index in [0.717, 1.165) is 5.69 Å². The third kappa shape index (κ3) is 3.60. The standard InChI is InChI=1S/C16H21N5O4/c1-9-5-6-17-16-18-13(19-21(9)16)15(23)25-12(4)14(22)20-7-10(2)24-11(3)8-20/h5-6,10-12H,7-8H2,1-4H3. The van der Waals surface area contributed by atoms with E-state index in [1.165, 1.54) is 4.52 Å². The van der Waals surface area contributed by atoms with Crippen LogP contribution in [0.3, 0.4) is 0 Å². The van der Waals surface area contributed by atoms with Crippen LogP contribution in [0.25, 0.3) is 5.78 Å². The Morgan fingerprint density at radius 3 is 2.64 bits per heavy atom. The molecule has 0 bridgehead atoms. The molecule has 9 nitrogen and oxygen atoms in total. The van der Waals surface area contributed by atoms with E-state index in [0.29, 0.717) is 18.9 Å². The quantitative estimate of drug-likeness (QED) is 0.750. The van der Waals surface area contributed by atoms with E-state index in [-0.39, 0.29) is 23.9 Å². The molecule has 1 fully saturated rings. The van der Waals surface area contributed by atoms with Crippen molar-refractivity contribution in [3.63, 3.8) is 0 Å². The summed E-state index contributed by atoms with van der Waals surface area (Å²) in [6.07, 6.45) is 0.557. The first-order valence-corrected chi connectivity index (χ1v) is 8.18. The maximum atomic E-state index is 12.5. The van der Waals surface area contributed by atoms with Gasteiger partial charge in [-0.15, -0.1) is 5.10 Å². The largest absolute Gasteiger partial charge is 0.447 e. The second-order valence-electron chi connectivity index (χ2n) is 6.28. The minimum Gasteiger partial charge on any atom is -0.447 e. The highest BCUT2D eigenvalue weighted by Crippen LogP contribution is 2.13. The monoisotopic (exact) mass is 347 g/mol. The third-order valence-electron chi connectivity index (χ3n) is 3.98. The first-order chi connectivity index (χ1) is 11.8. The van der Waals surface area contributed by atoms with Crippen LogP contribution < -0.4 is 0 Å². The van der Waals surface area contributed by atoms with E-state index in [1.54, 1.807) is 24.1 Å². The van der Waals surface area contributed by atoms with Gasteiger partial charge in [-0.05, 0) is 33.8 Å². The van der Waals surface area contributed by atoms with Crippen LogP contribution in [-0.4, -0.2) is 67.8 Å². The molecule has 0 N–H and O–H groups in total. The molecule has 0 aliphatic carbocycles. The number of ether oxygens (including phenoxy) is 2. The van der Waals surface area contributed by atoms with E-state index in [9.17, 15) is 9.59 Å². The molecule has 2 aromatic rings. The Balaban J connectivity index is 1.68. The lowest BCUT2D eigenvalue weighted by Gasteiger charge is -2.36. The SMILES string of the molecule is Cc1ccnc2nc(C(=O)OC(C)C(=O)N3CC(C)OC(C)C3)nn12. The molecule has 25 heavy (non-hydrogen) atoms. The molecule has 0 radical (unpaired) electrons. The van der Waals surface area contributed by atoms with E-state index in [4.69, 9.17) is 9.47 Å². The first-order valence-electron chi connectivity index (χ1n) is 8.18. The van der Waals surface area contributed by atoms with Gasteiger partial charge in [-0.2, -0.15) is 4.98 Å². The molecular weight excluding hydrogens is 326 g/mol. The Morgan fingerprint density at radius 1 is 1.32 bits per heavy atom. The zero-order chi connectivity index (χ0) is 18.1. The summed E-state index contributed by atoms with van der Waals surface area (Å²) in [7, 11) is 0. The molecular formula is C16H21N5O4. The number of esters is 1. The molecule has 2 aromatic heterocycles. The number of nitrogens with zero attached hydrogens (tertiary/aromatic N) is 5. The highest BCUT2D eigenvalue weighted by atomic mass is 16.5. The Bertz CT molecular complexity index is 795. The van der Waals surface area contributed by atoms with Crippen LogP contribution in [0, 0.1) is 6.92 Å². The summed E-state index contributed by atoms with van der Waals surface area (Å²) in [6.45, 7) is 8.13. The summed E-state index contributed by atoms with van der Waals surface area (Å²) in [5.74, 6) is -0.819. The van der Waals surface area contributed by atoms with Crippen molar-refractivity contribution in [2.24, 2.45) is 0 Å². The number of hydrogen-bond donors (Lipinski definition) is 0. The molecule has 9 heteroatoms. The normalized spacial score (nSPS) is 22.0. The fourth-order valence-electron chi connectivity index (χ4n) is 2.87. The molecule has 1 saturated heterocycles. The first kappa shape index (κ1) is 17.3. The summed E-state index contributed by atoms with van der Waals surface area (Å²) < 4.78 is 12.3. The van der Waals surface area contributed by atoms with Crippen LogP contribution in [0.2, 0.25) is 0 Å². The molecule has 3 atom stereocenters. The van der Waals surface area contributed by atoms with Gasteiger partial charge in [0.2, 0.25) is 0 Å². The number of rotatable bonds is 3. The smallest absolute Gasteiger partial charge is 0.379 e.